The minimum absolute atomic E-state index is 0.0995. The molecule has 0 radical (unpaired) electrons. The van der Waals surface area contributed by atoms with Crippen LogP contribution in [0.5, 0.6) is 0 Å². The van der Waals surface area contributed by atoms with Gasteiger partial charge in [0.25, 0.3) is 0 Å². The predicted molar refractivity (Wildman–Crippen MR) is 48.3 cm³/mol. The third-order valence-corrected chi connectivity index (χ3v) is 2.07. The second-order valence-electron chi connectivity index (χ2n) is 2.97. The number of carbonyl (C=O) groups excluding carboxylic acids is 1. The number of rotatable bonds is 1. The van der Waals surface area contributed by atoms with E-state index in [1.165, 1.54) is 24.3 Å². The summed E-state index contributed by atoms with van der Waals surface area (Å²) >= 11 is 0. The zero-order valence-corrected chi connectivity index (χ0v) is 7.02. The van der Waals surface area contributed by atoms with Crippen molar-refractivity contribution in [3.8, 4) is 0 Å². The molecule has 1 aromatic rings. The second kappa shape index (κ2) is 2.70. The van der Waals surface area contributed by atoms with Crippen molar-refractivity contribution in [1.29, 1.82) is 0 Å². The summed E-state index contributed by atoms with van der Waals surface area (Å²) in [5.41, 5.74) is 0.891. The molecule has 2 rings (SSSR count). The minimum Gasteiger partial charge on any atom is -0.504 e. The van der Waals surface area contributed by atoms with E-state index >= 15 is 0 Å². The predicted octanol–water partition coefficient (Wildman–Crippen LogP) is 1.48. The molecule has 1 aliphatic rings. The fourth-order valence-electron chi connectivity index (χ4n) is 1.37. The number of aromatic carboxylic acids is 1. The van der Waals surface area contributed by atoms with Crippen LogP contribution in [-0.4, -0.2) is 22.0 Å². The van der Waals surface area contributed by atoms with Crippen LogP contribution in [0, 0.1) is 0 Å². The number of hydrogen-bond acceptors (Lipinski definition) is 3. The highest BCUT2D eigenvalue weighted by atomic mass is 16.4. The van der Waals surface area contributed by atoms with Gasteiger partial charge in [0.2, 0.25) is 5.78 Å². The molecule has 14 heavy (non-hydrogen) atoms. The van der Waals surface area contributed by atoms with Crippen molar-refractivity contribution >= 4 is 17.8 Å². The van der Waals surface area contributed by atoms with E-state index in [2.05, 4.69) is 0 Å². The summed E-state index contributed by atoms with van der Waals surface area (Å²) in [6.07, 6.45) is 1.27. The Morgan fingerprint density at radius 1 is 1.29 bits per heavy atom. The van der Waals surface area contributed by atoms with Crippen molar-refractivity contribution < 1.29 is 19.8 Å². The smallest absolute Gasteiger partial charge is 0.335 e. The molecule has 0 bridgehead atoms. The molecule has 0 saturated carbocycles. The number of Topliss-reactive ketones (excluding diaryl/α,β-unsaturated/α-hetero) is 1. The summed E-state index contributed by atoms with van der Waals surface area (Å²) in [5.74, 6) is -1.86. The number of ketones is 1. The van der Waals surface area contributed by atoms with Crippen molar-refractivity contribution in [1.82, 2.24) is 0 Å². The molecular formula is C10H6O4. The monoisotopic (exact) mass is 190 g/mol. The Kier molecular flexibility index (Phi) is 1.64. The summed E-state index contributed by atoms with van der Waals surface area (Å²) < 4.78 is 0. The number of hydrogen-bond donors (Lipinski definition) is 2. The zero-order valence-electron chi connectivity index (χ0n) is 7.02. The van der Waals surface area contributed by atoms with Gasteiger partial charge in [-0.15, -0.1) is 0 Å². The lowest BCUT2D eigenvalue weighted by molar-refractivity contribution is 0.0696. The molecule has 0 saturated heterocycles. The van der Waals surface area contributed by atoms with Crippen molar-refractivity contribution in [3.63, 3.8) is 0 Å². The van der Waals surface area contributed by atoms with Crippen molar-refractivity contribution in [2.45, 2.75) is 0 Å². The molecular weight excluding hydrogens is 184 g/mol. The van der Waals surface area contributed by atoms with Gasteiger partial charge >= 0.3 is 5.97 Å². The Morgan fingerprint density at radius 2 is 2.00 bits per heavy atom. The minimum atomic E-state index is -1.06. The molecule has 4 nitrogen and oxygen atoms in total. The first-order valence-electron chi connectivity index (χ1n) is 3.92. The number of fused-ring (bicyclic) bond motifs is 1. The molecule has 2 N–H and O–H groups in total. The summed E-state index contributed by atoms with van der Waals surface area (Å²) in [5, 5.41) is 17.8. The van der Waals surface area contributed by atoms with Crippen molar-refractivity contribution in [3.05, 3.63) is 40.6 Å². The van der Waals surface area contributed by atoms with Crippen LogP contribution in [-0.2, 0) is 0 Å². The van der Waals surface area contributed by atoms with Crippen LogP contribution in [0.15, 0.2) is 24.0 Å². The fraction of sp³-hybridized carbons (Fsp3) is 0. The standard InChI is InChI=1S/C10H6O4/c11-8-4-6-3-5(10(13)14)1-2-7(6)9(8)12/h1-4H,(H,11,12)(H,13,14). The lowest BCUT2D eigenvalue weighted by atomic mass is 10.1. The summed E-state index contributed by atoms with van der Waals surface area (Å²) in [6, 6.07) is 4.10. The van der Waals surface area contributed by atoms with E-state index in [4.69, 9.17) is 10.2 Å². The highest BCUT2D eigenvalue weighted by molar-refractivity contribution is 6.16. The Hall–Kier alpha value is -2.10. The molecule has 1 aliphatic carbocycles. The zero-order chi connectivity index (χ0) is 10.3. The average molecular weight is 190 g/mol. The number of allylic oxidation sites excluding steroid dienone is 1. The molecule has 0 heterocycles. The Morgan fingerprint density at radius 3 is 2.64 bits per heavy atom. The Balaban J connectivity index is 2.58. The summed E-state index contributed by atoms with van der Waals surface area (Å²) in [6.45, 7) is 0. The third kappa shape index (κ3) is 1.08. The van der Waals surface area contributed by atoms with Crippen molar-refractivity contribution in [2.75, 3.05) is 0 Å². The lowest BCUT2D eigenvalue weighted by Crippen LogP contribution is -2.00. The van der Waals surface area contributed by atoms with E-state index in [9.17, 15) is 9.59 Å². The lowest BCUT2D eigenvalue weighted by Gasteiger charge is -1.98. The van der Waals surface area contributed by atoms with E-state index in [-0.39, 0.29) is 11.3 Å². The number of aliphatic hydroxyl groups excluding tert-OH is 1. The number of carboxylic acids is 1. The molecule has 1 aromatic carbocycles. The fourth-order valence-corrected chi connectivity index (χ4v) is 1.37. The van der Waals surface area contributed by atoms with Gasteiger partial charge in [0, 0.05) is 5.56 Å². The topological polar surface area (TPSA) is 74.6 Å². The van der Waals surface area contributed by atoms with E-state index < -0.39 is 11.8 Å². The van der Waals surface area contributed by atoms with Gasteiger partial charge < -0.3 is 10.2 Å². The normalized spacial score (nSPS) is 13.7. The number of carbonyl (C=O) groups is 2. The van der Waals surface area contributed by atoms with Crippen LogP contribution in [0.2, 0.25) is 0 Å². The Bertz CT molecular complexity index is 471. The van der Waals surface area contributed by atoms with Crippen molar-refractivity contribution in [2.24, 2.45) is 0 Å². The number of aliphatic hydroxyl groups is 1. The highest BCUT2D eigenvalue weighted by Crippen LogP contribution is 2.24. The van der Waals surface area contributed by atoms with E-state index in [0.29, 0.717) is 11.1 Å². The van der Waals surface area contributed by atoms with Crippen LogP contribution in [0.1, 0.15) is 26.3 Å². The number of benzene rings is 1. The molecule has 0 aliphatic heterocycles. The molecule has 0 atom stereocenters. The van der Waals surface area contributed by atoms with Crippen LogP contribution >= 0.6 is 0 Å². The van der Waals surface area contributed by atoms with Gasteiger partial charge in [0.15, 0.2) is 5.76 Å². The van der Waals surface area contributed by atoms with Crippen LogP contribution in [0.4, 0.5) is 0 Å². The average Bonchev–Trinajstić information content (AvgIpc) is 2.42. The molecule has 0 spiro atoms. The van der Waals surface area contributed by atoms with Gasteiger partial charge in [-0.3, -0.25) is 4.79 Å². The SMILES string of the molecule is O=C(O)c1ccc2c(c1)C=C(O)C2=O. The first-order valence-corrected chi connectivity index (χ1v) is 3.92. The summed E-state index contributed by atoms with van der Waals surface area (Å²) in [4.78, 5) is 21.8. The van der Waals surface area contributed by atoms with Gasteiger partial charge in [-0.05, 0) is 29.8 Å². The van der Waals surface area contributed by atoms with Crippen LogP contribution < -0.4 is 0 Å². The Labute approximate surface area is 79.1 Å². The molecule has 0 fully saturated rings. The first-order chi connectivity index (χ1) is 6.59. The molecule has 0 aromatic heterocycles. The van der Waals surface area contributed by atoms with E-state index in [0.717, 1.165) is 0 Å². The van der Waals surface area contributed by atoms with Gasteiger partial charge in [0.1, 0.15) is 0 Å². The maximum Gasteiger partial charge on any atom is 0.335 e. The molecule has 0 unspecified atom stereocenters. The number of carboxylic acid groups (broad SMARTS) is 1. The third-order valence-electron chi connectivity index (χ3n) is 2.07. The maximum atomic E-state index is 11.2. The maximum absolute atomic E-state index is 11.2. The molecule has 70 valence electrons. The molecule has 4 heteroatoms. The van der Waals surface area contributed by atoms with Gasteiger partial charge in [-0.2, -0.15) is 0 Å². The van der Waals surface area contributed by atoms with Gasteiger partial charge in [-0.1, -0.05) is 0 Å². The van der Waals surface area contributed by atoms with Crippen LogP contribution in [0.3, 0.4) is 0 Å². The molecule has 0 amide bonds. The van der Waals surface area contributed by atoms with Crippen LogP contribution in [0.25, 0.3) is 6.08 Å². The largest absolute Gasteiger partial charge is 0.504 e. The first kappa shape index (κ1) is 8.50. The van der Waals surface area contributed by atoms with E-state index in [1.54, 1.807) is 0 Å². The van der Waals surface area contributed by atoms with Gasteiger partial charge in [0.05, 0.1) is 5.56 Å². The summed E-state index contributed by atoms with van der Waals surface area (Å²) in [7, 11) is 0. The highest BCUT2D eigenvalue weighted by Gasteiger charge is 2.22. The van der Waals surface area contributed by atoms with E-state index in [1.807, 2.05) is 0 Å². The quantitative estimate of drug-likeness (QED) is 0.703. The van der Waals surface area contributed by atoms with Gasteiger partial charge in [-0.25, -0.2) is 4.79 Å². The second-order valence-corrected chi connectivity index (χ2v) is 2.97.